The van der Waals surface area contributed by atoms with Crippen LogP contribution >= 0.6 is 0 Å². The van der Waals surface area contributed by atoms with E-state index in [0.717, 1.165) is 0 Å². The Bertz CT molecular complexity index is 724. The van der Waals surface area contributed by atoms with Crippen molar-refractivity contribution in [2.24, 2.45) is 0 Å². The fourth-order valence-electron chi connectivity index (χ4n) is 2.15. The normalized spacial score (nSPS) is 10.3. The van der Waals surface area contributed by atoms with Crippen LogP contribution in [0.5, 0.6) is 5.75 Å². The van der Waals surface area contributed by atoms with Crippen LogP contribution in [0.3, 0.4) is 0 Å². The van der Waals surface area contributed by atoms with Gasteiger partial charge in [-0.25, -0.2) is 4.79 Å². The highest BCUT2D eigenvalue weighted by molar-refractivity contribution is 6.05. The molecule has 1 aromatic heterocycles. The first kappa shape index (κ1) is 17.5. The number of ether oxygens (including phenoxy) is 2. The molecule has 2 rings (SSSR count). The maximum absolute atomic E-state index is 12.4. The fraction of sp³-hybridized carbons (Fsp3) is 0.353. The van der Waals surface area contributed by atoms with Crippen molar-refractivity contribution in [3.8, 4) is 5.75 Å². The minimum absolute atomic E-state index is 0.185. The Morgan fingerprint density at radius 2 is 2.08 bits per heavy atom. The second kappa shape index (κ2) is 8.14. The molecule has 0 aliphatic heterocycles. The number of nitrogens with one attached hydrogen (secondary N) is 1. The third-order valence-electron chi connectivity index (χ3n) is 3.24. The predicted molar refractivity (Wildman–Crippen MR) is 87.1 cm³/mol. The Morgan fingerprint density at radius 3 is 2.79 bits per heavy atom. The summed E-state index contributed by atoms with van der Waals surface area (Å²) < 4.78 is 15.3. The van der Waals surface area contributed by atoms with E-state index in [1.807, 2.05) is 6.92 Å². The topological polar surface area (TPSA) is 90.7 Å². The van der Waals surface area contributed by atoms with Crippen LogP contribution in [0.15, 0.2) is 28.8 Å². The largest absolute Gasteiger partial charge is 0.482 e. The molecule has 0 spiro atoms. The molecule has 1 aromatic carbocycles. The Morgan fingerprint density at radius 1 is 1.29 bits per heavy atom. The minimum Gasteiger partial charge on any atom is -0.482 e. The van der Waals surface area contributed by atoms with Gasteiger partial charge >= 0.3 is 5.97 Å². The molecule has 1 N–H and O–H groups in total. The lowest BCUT2D eigenvalue weighted by molar-refractivity contribution is -0.145. The third-order valence-corrected chi connectivity index (χ3v) is 3.24. The Labute approximate surface area is 139 Å². The van der Waals surface area contributed by atoms with Crippen LogP contribution in [0.1, 0.15) is 35.7 Å². The van der Waals surface area contributed by atoms with Crippen LogP contribution in [0.2, 0.25) is 0 Å². The lowest BCUT2D eigenvalue weighted by atomic mass is 10.1. The molecule has 0 bridgehead atoms. The highest BCUT2D eigenvalue weighted by Crippen LogP contribution is 2.20. The zero-order valence-corrected chi connectivity index (χ0v) is 13.9. The van der Waals surface area contributed by atoms with Crippen LogP contribution in [0, 0.1) is 6.92 Å². The standard InChI is InChI=1S/C17H20N2O5/c1-4-14-16(11(3)19-24-14)17(21)18-12-7-6-8-13(9-12)23-10-15(20)22-5-2/h6-9H,4-5,10H2,1-3H3,(H,18,21). The lowest BCUT2D eigenvalue weighted by Crippen LogP contribution is -2.15. The molecule has 7 heteroatoms. The Balaban J connectivity index is 2.05. The summed E-state index contributed by atoms with van der Waals surface area (Å²) in [7, 11) is 0. The Kier molecular flexibility index (Phi) is 5.95. The van der Waals surface area contributed by atoms with Crippen molar-refractivity contribution in [3.63, 3.8) is 0 Å². The molecular formula is C17H20N2O5. The number of aryl methyl sites for hydroxylation is 2. The summed E-state index contributed by atoms with van der Waals surface area (Å²) >= 11 is 0. The number of nitrogens with zero attached hydrogens (tertiary/aromatic N) is 1. The summed E-state index contributed by atoms with van der Waals surface area (Å²) in [5.74, 6) is 0.256. The van der Waals surface area contributed by atoms with Gasteiger partial charge in [-0.2, -0.15) is 0 Å². The van der Waals surface area contributed by atoms with Crippen LogP contribution < -0.4 is 10.1 Å². The van der Waals surface area contributed by atoms with Gasteiger partial charge in [0.05, 0.1) is 12.3 Å². The molecule has 0 radical (unpaired) electrons. The molecule has 0 saturated carbocycles. The SMILES string of the molecule is CCOC(=O)COc1cccc(NC(=O)c2c(C)noc2CC)c1. The smallest absolute Gasteiger partial charge is 0.344 e. The monoisotopic (exact) mass is 332 g/mol. The van der Waals surface area contributed by atoms with Crippen molar-refractivity contribution < 1.29 is 23.6 Å². The molecule has 2 aromatic rings. The summed E-state index contributed by atoms with van der Waals surface area (Å²) in [4.78, 5) is 23.7. The number of carbonyl (C=O) groups is 2. The van der Waals surface area contributed by atoms with Gasteiger partial charge in [0.15, 0.2) is 6.61 Å². The maximum Gasteiger partial charge on any atom is 0.344 e. The summed E-state index contributed by atoms with van der Waals surface area (Å²) in [6, 6.07) is 6.77. The number of anilines is 1. The number of hydrogen-bond acceptors (Lipinski definition) is 6. The summed E-state index contributed by atoms with van der Waals surface area (Å²) in [5.41, 5.74) is 1.53. The van der Waals surface area contributed by atoms with E-state index in [-0.39, 0.29) is 12.5 Å². The van der Waals surface area contributed by atoms with Gasteiger partial charge < -0.3 is 19.3 Å². The number of benzene rings is 1. The van der Waals surface area contributed by atoms with Gasteiger partial charge in [0.25, 0.3) is 5.91 Å². The molecule has 24 heavy (non-hydrogen) atoms. The minimum atomic E-state index is -0.445. The molecule has 7 nitrogen and oxygen atoms in total. The summed E-state index contributed by atoms with van der Waals surface area (Å²) in [5, 5.41) is 6.60. The summed E-state index contributed by atoms with van der Waals surface area (Å²) in [6.45, 7) is 5.45. The highest BCUT2D eigenvalue weighted by atomic mass is 16.6. The van der Waals surface area contributed by atoms with Crippen molar-refractivity contribution in [2.45, 2.75) is 27.2 Å². The Hall–Kier alpha value is -2.83. The van der Waals surface area contributed by atoms with Crippen LogP contribution in [-0.4, -0.2) is 30.2 Å². The van der Waals surface area contributed by atoms with E-state index in [9.17, 15) is 9.59 Å². The quantitative estimate of drug-likeness (QED) is 0.784. The van der Waals surface area contributed by atoms with E-state index in [0.29, 0.717) is 41.5 Å². The summed E-state index contributed by atoms with van der Waals surface area (Å²) in [6.07, 6.45) is 0.576. The lowest BCUT2D eigenvalue weighted by Gasteiger charge is -2.09. The van der Waals surface area contributed by atoms with Crippen molar-refractivity contribution in [3.05, 3.63) is 41.3 Å². The van der Waals surface area contributed by atoms with Crippen LogP contribution in [0.4, 0.5) is 5.69 Å². The first-order valence-electron chi connectivity index (χ1n) is 7.70. The van der Waals surface area contributed by atoms with Gasteiger partial charge in [-0.15, -0.1) is 0 Å². The van der Waals surface area contributed by atoms with Gasteiger partial charge in [-0.1, -0.05) is 18.1 Å². The van der Waals surface area contributed by atoms with E-state index < -0.39 is 5.97 Å². The first-order valence-corrected chi connectivity index (χ1v) is 7.70. The molecule has 0 saturated heterocycles. The van der Waals surface area contributed by atoms with E-state index in [1.165, 1.54) is 0 Å². The van der Waals surface area contributed by atoms with Gasteiger partial charge in [0.1, 0.15) is 17.1 Å². The highest BCUT2D eigenvalue weighted by Gasteiger charge is 2.19. The van der Waals surface area contributed by atoms with E-state index in [2.05, 4.69) is 10.5 Å². The molecule has 1 amide bonds. The molecule has 0 unspecified atom stereocenters. The molecule has 0 atom stereocenters. The van der Waals surface area contributed by atoms with Gasteiger partial charge in [-0.05, 0) is 26.0 Å². The average molecular weight is 332 g/mol. The van der Waals surface area contributed by atoms with Gasteiger partial charge in [0.2, 0.25) is 0 Å². The second-order valence-electron chi connectivity index (χ2n) is 5.00. The number of hydrogen-bond donors (Lipinski definition) is 1. The predicted octanol–water partition coefficient (Wildman–Crippen LogP) is 2.74. The maximum atomic E-state index is 12.4. The van der Waals surface area contributed by atoms with Crippen molar-refractivity contribution in [2.75, 3.05) is 18.5 Å². The van der Waals surface area contributed by atoms with E-state index >= 15 is 0 Å². The molecule has 0 aliphatic carbocycles. The molecule has 1 heterocycles. The zero-order chi connectivity index (χ0) is 17.5. The molecule has 0 fully saturated rings. The number of esters is 1. The second-order valence-corrected chi connectivity index (χ2v) is 5.00. The van der Waals surface area contributed by atoms with Crippen LogP contribution in [0.25, 0.3) is 0 Å². The number of amides is 1. The van der Waals surface area contributed by atoms with E-state index in [1.54, 1.807) is 38.1 Å². The third kappa shape index (κ3) is 4.34. The van der Waals surface area contributed by atoms with E-state index in [4.69, 9.17) is 14.0 Å². The van der Waals surface area contributed by atoms with Crippen molar-refractivity contribution >= 4 is 17.6 Å². The number of rotatable bonds is 7. The van der Waals surface area contributed by atoms with Gasteiger partial charge in [0, 0.05) is 18.2 Å². The number of aromatic nitrogens is 1. The average Bonchev–Trinajstić information content (AvgIpc) is 2.94. The van der Waals surface area contributed by atoms with Gasteiger partial charge in [-0.3, -0.25) is 4.79 Å². The first-order chi connectivity index (χ1) is 11.5. The van der Waals surface area contributed by atoms with Crippen molar-refractivity contribution in [1.82, 2.24) is 5.16 Å². The molecule has 0 aliphatic rings. The molecule has 128 valence electrons. The zero-order valence-electron chi connectivity index (χ0n) is 13.9. The van der Waals surface area contributed by atoms with Crippen LogP contribution in [-0.2, 0) is 16.0 Å². The fourth-order valence-corrected chi connectivity index (χ4v) is 2.15. The molecular weight excluding hydrogens is 312 g/mol. The number of carbonyl (C=O) groups excluding carboxylic acids is 2. The van der Waals surface area contributed by atoms with Crippen molar-refractivity contribution in [1.29, 1.82) is 0 Å².